The van der Waals surface area contributed by atoms with Crippen LogP contribution in [0.2, 0.25) is 0 Å². The predicted octanol–water partition coefficient (Wildman–Crippen LogP) is 2.75. The van der Waals surface area contributed by atoms with Crippen LogP contribution in [0.25, 0.3) is 0 Å². The zero-order valence-electron chi connectivity index (χ0n) is 12.9. The van der Waals surface area contributed by atoms with Crippen LogP contribution in [0.15, 0.2) is 48.8 Å². The van der Waals surface area contributed by atoms with E-state index in [0.29, 0.717) is 12.5 Å². The van der Waals surface area contributed by atoms with Gasteiger partial charge in [0.1, 0.15) is 6.54 Å². The lowest BCUT2D eigenvalue weighted by Crippen LogP contribution is -2.41. The molecule has 0 unspecified atom stereocenters. The van der Waals surface area contributed by atoms with Gasteiger partial charge in [0.15, 0.2) is 0 Å². The molecule has 3 rings (SSSR count). The molecular weight excluding hydrogens is 274 g/mol. The van der Waals surface area contributed by atoms with Crippen LogP contribution >= 0.6 is 0 Å². The summed E-state index contributed by atoms with van der Waals surface area (Å²) in [5.41, 5.74) is 1.39. The highest BCUT2D eigenvalue weighted by molar-refractivity contribution is 5.76. The second-order valence-electron chi connectivity index (χ2n) is 6.08. The molecule has 1 aromatic carbocycles. The zero-order valence-corrected chi connectivity index (χ0v) is 12.9. The van der Waals surface area contributed by atoms with Gasteiger partial charge in [-0.05, 0) is 43.2 Å². The van der Waals surface area contributed by atoms with Gasteiger partial charge in [0, 0.05) is 25.5 Å². The summed E-state index contributed by atoms with van der Waals surface area (Å²) < 4.78 is 1.70. The number of carbonyl (C=O) groups is 1. The van der Waals surface area contributed by atoms with Crippen LogP contribution in [-0.2, 0) is 17.8 Å². The Morgan fingerprint density at radius 2 is 2.09 bits per heavy atom. The maximum Gasteiger partial charge on any atom is 0.244 e. The fourth-order valence-electron chi connectivity index (χ4n) is 3.18. The third kappa shape index (κ3) is 3.97. The van der Waals surface area contributed by atoms with Crippen LogP contribution < -0.4 is 0 Å². The zero-order chi connectivity index (χ0) is 15.2. The van der Waals surface area contributed by atoms with Crippen molar-refractivity contribution in [1.29, 1.82) is 0 Å². The Balaban J connectivity index is 1.49. The van der Waals surface area contributed by atoms with Crippen molar-refractivity contribution in [2.24, 2.45) is 5.92 Å². The van der Waals surface area contributed by atoms with E-state index < -0.39 is 0 Å². The van der Waals surface area contributed by atoms with Gasteiger partial charge >= 0.3 is 0 Å². The van der Waals surface area contributed by atoms with Gasteiger partial charge in [0.05, 0.1) is 0 Å². The molecule has 4 heteroatoms. The van der Waals surface area contributed by atoms with Crippen molar-refractivity contribution in [1.82, 2.24) is 14.7 Å². The quantitative estimate of drug-likeness (QED) is 0.851. The molecule has 0 spiro atoms. The third-order valence-electron chi connectivity index (χ3n) is 4.41. The normalized spacial score (nSPS) is 18.4. The van der Waals surface area contributed by atoms with E-state index >= 15 is 0 Å². The highest BCUT2D eigenvalue weighted by Crippen LogP contribution is 2.21. The van der Waals surface area contributed by atoms with Crippen LogP contribution in [-0.4, -0.2) is 33.7 Å². The summed E-state index contributed by atoms with van der Waals surface area (Å²) >= 11 is 0. The van der Waals surface area contributed by atoms with Crippen LogP contribution in [0.5, 0.6) is 0 Å². The van der Waals surface area contributed by atoms with Crippen molar-refractivity contribution in [3.63, 3.8) is 0 Å². The van der Waals surface area contributed by atoms with Crippen molar-refractivity contribution in [2.45, 2.75) is 32.2 Å². The molecule has 0 bridgehead atoms. The monoisotopic (exact) mass is 297 g/mol. The average Bonchev–Trinajstić information content (AvgIpc) is 3.07. The molecule has 1 amide bonds. The van der Waals surface area contributed by atoms with E-state index in [4.69, 9.17) is 0 Å². The molecule has 2 aromatic rings. The van der Waals surface area contributed by atoms with E-state index in [2.05, 4.69) is 35.4 Å². The smallest absolute Gasteiger partial charge is 0.244 e. The fraction of sp³-hybridized carbons (Fsp3) is 0.444. The fourth-order valence-corrected chi connectivity index (χ4v) is 3.18. The summed E-state index contributed by atoms with van der Waals surface area (Å²) in [4.78, 5) is 14.4. The maximum atomic E-state index is 12.4. The van der Waals surface area contributed by atoms with E-state index in [-0.39, 0.29) is 5.91 Å². The number of hydrogen-bond donors (Lipinski definition) is 0. The highest BCUT2D eigenvalue weighted by Gasteiger charge is 2.23. The van der Waals surface area contributed by atoms with Gasteiger partial charge in [-0.2, -0.15) is 5.10 Å². The number of aromatic nitrogens is 2. The Hall–Kier alpha value is -2.10. The summed E-state index contributed by atoms with van der Waals surface area (Å²) in [5, 5.41) is 4.12. The third-order valence-corrected chi connectivity index (χ3v) is 4.41. The molecule has 1 aliphatic heterocycles. The number of amides is 1. The van der Waals surface area contributed by atoms with Crippen molar-refractivity contribution in [3.8, 4) is 0 Å². The van der Waals surface area contributed by atoms with Gasteiger partial charge in [0.2, 0.25) is 5.91 Å². The lowest BCUT2D eigenvalue weighted by molar-refractivity contribution is -0.133. The summed E-state index contributed by atoms with van der Waals surface area (Å²) in [6.07, 6.45) is 8.17. The van der Waals surface area contributed by atoms with E-state index in [1.165, 1.54) is 12.0 Å². The van der Waals surface area contributed by atoms with Gasteiger partial charge in [-0.15, -0.1) is 0 Å². The molecule has 1 fully saturated rings. The first-order chi connectivity index (χ1) is 10.8. The molecule has 1 saturated heterocycles. The summed E-state index contributed by atoms with van der Waals surface area (Å²) in [5.74, 6) is 0.809. The molecule has 1 atom stereocenters. The van der Waals surface area contributed by atoms with Crippen LogP contribution in [0.1, 0.15) is 24.8 Å². The molecule has 0 saturated carbocycles. The number of benzene rings is 1. The molecule has 4 nitrogen and oxygen atoms in total. The minimum absolute atomic E-state index is 0.188. The van der Waals surface area contributed by atoms with Crippen LogP contribution in [0, 0.1) is 5.92 Å². The molecule has 1 aliphatic rings. The average molecular weight is 297 g/mol. The topological polar surface area (TPSA) is 38.1 Å². The van der Waals surface area contributed by atoms with Crippen molar-refractivity contribution >= 4 is 5.91 Å². The number of carbonyl (C=O) groups excluding carboxylic acids is 1. The molecule has 1 aromatic heterocycles. The SMILES string of the molecule is O=C(Cn1cccn1)N1CCC[C@@H](CCc2ccccc2)C1. The lowest BCUT2D eigenvalue weighted by Gasteiger charge is -2.33. The second kappa shape index (κ2) is 7.25. The molecule has 2 heterocycles. The first-order valence-electron chi connectivity index (χ1n) is 8.10. The Kier molecular flexibility index (Phi) is 4.88. The predicted molar refractivity (Wildman–Crippen MR) is 86.3 cm³/mol. The maximum absolute atomic E-state index is 12.4. The molecule has 116 valence electrons. The van der Waals surface area contributed by atoms with Crippen molar-refractivity contribution in [2.75, 3.05) is 13.1 Å². The number of rotatable bonds is 5. The number of nitrogens with zero attached hydrogens (tertiary/aromatic N) is 3. The largest absolute Gasteiger partial charge is 0.341 e. The molecule has 22 heavy (non-hydrogen) atoms. The number of piperidine rings is 1. The molecule has 0 aliphatic carbocycles. The van der Waals surface area contributed by atoms with Gasteiger partial charge in [0.25, 0.3) is 0 Å². The molecular formula is C18H23N3O. The van der Waals surface area contributed by atoms with E-state index in [0.717, 1.165) is 32.4 Å². The summed E-state index contributed by atoms with van der Waals surface area (Å²) in [6, 6.07) is 12.5. The summed E-state index contributed by atoms with van der Waals surface area (Å²) in [7, 11) is 0. The first kappa shape index (κ1) is 14.8. The number of likely N-dealkylation sites (tertiary alicyclic amines) is 1. The Bertz CT molecular complexity index is 580. The van der Waals surface area contributed by atoms with E-state index in [1.54, 1.807) is 10.9 Å². The summed E-state index contributed by atoms with van der Waals surface area (Å²) in [6.45, 7) is 2.15. The number of hydrogen-bond acceptors (Lipinski definition) is 2. The Labute approximate surface area is 131 Å². The van der Waals surface area contributed by atoms with Gasteiger partial charge < -0.3 is 4.90 Å². The second-order valence-corrected chi connectivity index (χ2v) is 6.08. The van der Waals surface area contributed by atoms with Crippen molar-refractivity contribution in [3.05, 3.63) is 54.4 Å². The minimum atomic E-state index is 0.188. The Morgan fingerprint density at radius 3 is 2.86 bits per heavy atom. The van der Waals surface area contributed by atoms with Gasteiger partial charge in [-0.3, -0.25) is 9.48 Å². The number of aryl methyl sites for hydroxylation is 1. The first-order valence-corrected chi connectivity index (χ1v) is 8.10. The molecule has 0 radical (unpaired) electrons. The van der Waals surface area contributed by atoms with Crippen LogP contribution in [0.4, 0.5) is 0 Å². The van der Waals surface area contributed by atoms with E-state index in [9.17, 15) is 4.79 Å². The van der Waals surface area contributed by atoms with Gasteiger partial charge in [-0.25, -0.2) is 0 Å². The van der Waals surface area contributed by atoms with E-state index in [1.807, 2.05) is 17.2 Å². The minimum Gasteiger partial charge on any atom is -0.341 e. The van der Waals surface area contributed by atoms with Crippen molar-refractivity contribution < 1.29 is 4.79 Å². The highest BCUT2D eigenvalue weighted by atomic mass is 16.2. The van der Waals surface area contributed by atoms with Crippen LogP contribution in [0.3, 0.4) is 0 Å². The Morgan fingerprint density at radius 1 is 1.23 bits per heavy atom. The molecule has 0 N–H and O–H groups in total. The van der Waals surface area contributed by atoms with Gasteiger partial charge in [-0.1, -0.05) is 30.3 Å². The standard InChI is InChI=1S/C18H23N3O/c22-18(15-21-13-5-11-19-21)20-12-4-8-17(14-20)10-9-16-6-2-1-3-7-16/h1-3,5-7,11,13,17H,4,8-10,12,14-15H2/t17-/m0/s1. The lowest BCUT2D eigenvalue weighted by atomic mass is 9.91.